The summed E-state index contributed by atoms with van der Waals surface area (Å²) in [7, 11) is 0. The van der Waals surface area contributed by atoms with Crippen molar-refractivity contribution in [2.24, 2.45) is 0 Å². The predicted molar refractivity (Wildman–Crippen MR) is 55.9 cm³/mol. The van der Waals surface area contributed by atoms with Crippen LogP contribution in [0.25, 0.3) is 0 Å². The molecule has 1 aromatic rings. The van der Waals surface area contributed by atoms with Gasteiger partial charge in [0.25, 0.3) is 5.69 Å². The highest BCUT2D eigenvalue weighted by molar-refractivity contribution is 5.53. The van der Waals surface area contributed by atoms with Crippen molar-refractivity contribution in [3.63, 3.8) is 0 Å². The maximum absolute atomic E-state index is 13.6. The van der Waals surface area contributed by atoms with E-state index < -0.39 is 16.8 Å². The van der Waals surface area contributed by atoms with Crippen molar-refractivity contribution in [3.8, 4) is 0 Å². The van der Waals surface area contributed by atoms with Crippen molar-refractivity contribution < 1.29 is 14.4 Å². The van der Waals surface area contributed by atoms with Gasteiger partial charge in [0.2, 0.25) is 0 Å². The van der Waals surface area contributed by atoms with Gasteiger partial charge in [0.15, 0.2) is 5.82 Å². The maximum Gasteiger partial charge on any atom is 0.272 e. The number of benzene rings is 1. The van der Waals surface area contributed by atoms with Gasteiger partial charge in [0, 0.05) is 19.2 Å². The monoisotopic (exact) mass is 226 g/mol. The Labute approximate surface area is 91.3 Å². The lowest BCUT2D eigenvalue weighted by Crippen LogP contribution is -2.22. The van der Waals surface area contributed by atoms with Crippen LogP contribution in [0.1, 0.15) is 6.42 Å². The lowest BCUT2D eigenvalue weighted by atomic mass is 10.2. The van der Waals surface area contributed by atoms with Crippen LogP contribution in [0.15, 0.2) is 18.2 Å². The zero-order valence-corrected chi connectivity index (χ0v) is 8.47. The molecule has 1 aliphatic rings. The van der Waals surface area contributed by atoms with Gasteiger partial charge in [-0.15, -0.1) is 0 Å². The van der Waals surface area contributed by atoms with Gasteiger partial charge in [-0.1, -0.05) is 0 Å². The molecule has 1 saturated heterocycles. The molecule has 1 atom stereocenters. The van der Waals surface area contributed by atoms with Gasteiger partial charge in [-0.05, 0) is 12.5 Å². The number of anilines is 1. The van der Waals surface area contributed by atoms with Gasteiger partial charge in [-0.3, -0.25) is 10.1 Å². The molecule has 0 aromatic heterocycles. The third-order valence-electron chi connectivity index (χ3n) is 2.65. The number of hydrogen-bond acceptors (Lipinski definition) is 4. The van der Waals surface area contributed by atoms with E-state index in [-0.39, 0.29) is 5.69 Å². The molecular weight excluding hydrogens is 215 g/mol. The van der Waals surface area contributed by atoms with Gasteiger partial charge in [0.05, 0.1) is 22.8 Å². The summed E-state index contributed by atoms with van der Waals surface area (Å²) >= 11 is 0. The molecule has 0 bridgehead atoms. The number of aliphatic hydroxyl groups is 1. The van der Waals surface area contributed by atoms with E-state index in [1.165, 1.54) is 12.1 Å². The van der Waals surface area contributed by atoms with Gasteiger partial charge >= 0.3 is 0 Å². The summed E-state index contributed by atoms with van der Waals surface area (Å²) in [6.45, 7) is 0.935. The maximum atomic E-state index is 13.6. The highest BCUT2D eigenvalue weighted by atomic mass is 19.1. The molecule has 0 radical (unpaired) electrons. The third kappa shape index (κ3) is 1.96. The first-order valence-corrected chi connectivity index (χ1v) is 4.95. The van der Waals surface area contributed by atoms with Crippen LogP contribution >= 0.6 is 0 Å². The van der Waals surface area contributed by atoms with E-state index in [1.807, 2.05) is 0 Å². The molecule has 1 heterocycles. The van der Waals surface area contributed by atoms with Crippen LogP contribution in [0.5, 0.6) is 0 Å². The van der Waals surface area contributed by atoms with E-state index in [0.29, 0.717) is 25.2 Å². The molecule has 16 heavy (non-hydrogen) atoms. The second-order valence-electron chi connectivity index (χ2n) is 3.78. The van der Waals surface area contributed by atoms with Crippen molar-refractivity contribution in [2.45, 2.75) is 12.5 Å². The molecule has 1 fully saturated rings. The highest BCUT2D eigenvalue weighted by Crippen LogP contribution is 2.26. The number of non-ortho nitro benzene ring substituents is 1. The van der Waals surface area contributed by atoms with Gasteiger partial charge < -0.3 is 10.0 Å². The van der Waals surface area contributed by atoms with Gasteiger partial charge in [0.1, 0.15) is 0 Å². The molecule has 6 heteroatoms. The fourth-order valence-electron chi connectivity index (χ4n) is 1.83. The summed E-state index contributed by atoms with van der Waals surface area (Å²) in [4.78, 5) is 11.5. The van der Waals surface area contributed by atoms with Crippen LogP contribution < -0.4 is 4.90 Å². The summed E-state index contributed by atoms with van der Waals surface area (Å²) in [5.74, 6) is -0.622. The number of aliphatic hydroxyl groups excluding tert-OH is 1. The SMILES string of the molecule is O=[N+]([O-])c1ccc(N2CC[C@H](O)C2)c(F)c1. The average molecular weight is 226 g/mol. The Kier molecular flexibility index (Phi) is 2.74. The first-order valence-electron chi connectivity index (χ1n) is 4.95. The van der Waals surface area contributed by atoms with Crippen molar-refractivity contribution >= 4 is 11.4 Å². The standard InChI is InChI=1S/C10H11FN2O3/c11-9-5-7(13(15)16)1-2-10(9)12-4-3-8(14)6-12/h1-2,5,8,14H,3-4,6H2/t8-/m0/s1. The number of hydrogen-bond donors (Lipinski definition) is 1. The number of nitro groups is 1. The zero-order valence-electron chi connectivity index (χ0n) is 8.47. The van der Waals surface area contributed by atoms with Crippen LogP contribution in [-0.4, -0.2) is 29.2 Å². The molecule has 86 valence electrons. The Bertz CT molecular complexity index is 425. The van der Waals surface area contributed by atoms with Crippen molar-refractivity contribution in [2.75, 3.05) is 18.0 Å². The van der Waals surface area contributed by atoms with Gasteiger partial charge in [-0.25, -0.2) is 4.39 Å². The van der Waals surface area contributed by atoms with Gasteiger partial charge in [-0.2, -0.15) is 0 Å². The summed E-state index contributed by atoms with van der Waals surface area (Å²) in [6, 6.07) is 3.55. The molecule has 1 N–H and O–H groups in total. The summed E-state index contributed by atoms with van der Waals surface area (Å²) < 4.78 is 13.6. The number of rotatable bonds is 2. The van der Waals surface area contributed by atoms with E-state index in [4.69, 9.17) is 0 Å². The topological polar surface area (TPSA) is 66.6 Å². The van der Waals surface area contributed by atoms with Crippen molar-refractivity contribution in [1.82, 2.24) is 0 Å². The van der Waals surface area contributed by atoms with E-state index in [0.717, 1.165) is 6.07 Å². The molecule has 1 aliphatic heterocycles. The molecule has 0 unspecified atom stereocenters. The minimum absolute atomic E-state index is 0.263. The lowest BCUT2D eigenvalue weighted by Gasteiger charge is -2.18. The molecule has 0 spiro atoms. The smallest absolute Gasteiger partial charge is 0.272 e. The van der Waals surface area contributed by atoms with E-state index in [9.17, 15) is 19.6 Å². The van der Waals surface area contributed by atoms with Crippen LogP contribution in [0.2, 0.25) is 0 Å². The fourth-order valence-corrected chi connectivity index (χ4v) is 1.83. The molecule has 1 aromatic carbocycles. The lowest BCUT2D eigenvalue weighted by molar-refractivity contribution is -0.385. The number of nitro benzene ring substituents is 1. The molecule has 2 rings (SSSR count). The normalized spacial score (nSPS) is 20.1. The molecule has 0 saturated carbocycles. The predicted octanol–water partition coefficient (Wildman–Crippen LogP) is 1.30. The largest absolute Gasteiger partial charge is 0.391 e. The number of halogens is 1. The second kappa shape index (κ2) is 4.05. The number of β-amino-alcohol motifs (C(OH)–C–C–N with tert-alkyl or cyclic N) is 1. The quantitative estimate of drug-likeness (QED) is 0.609. The van der Waals surface area contributed by atoms with Crippen LogP contribution in [0.3, 0.4) is 0 Å². The van der Waals surface area contributed by atoms with E-state index in [2.05, 4.69) is 0 Å². The number of nitrogens with zero attached hydrogens (tertiary/aromatic N) is 2. The van der Waals surface area contributed by atoms with E-state index >= 15 is 0 Å². The fraction of sp³-hybridized carbons (Fsp3) is 0.400. The van der Waals surface area contributed by atoms with Crippen LogP contribution in [0, 0.1) is 15.9 Å². The summed E-state index contributed by atoms with van der Waals surface area (Å²) in [6.07, 6.45) is 0.144. The third-order valence-corrected chi connectivity index (χ3v) is 2.65. The molecular formula is C10H11FN2O3. The average Bonchev–Trinajstić information content (AvgIpc) is 2.64. The summed E-state index contributed by atoms with van der Waals surface area (Å²) in [5, 5.41) is 19.7. The first kappa shape index (κ1) is 10.8. The second-order valence-corrected chi connectivity index (χ2v) is 3.78. The zero-order chi connectivity index (χ0) is 11.7. The Hall–Kier alpha value is -1.69. The highest BCUT2D eigenvalue weighted by Gasteiger charge is 2.23. The Morgan fingerprint density at radius 1 is 1.56 bits per heavy atom. The van der Waals surface area contributed by atoms with Crippen molar-refractivity contribution in [3.05, 3.63) is 34.1 Å². The van der Waals surface area contributed by atoms with E-state index in [1.54, 1.807) is 4.90 Å². The molecule has 0 amide bonds. The Balaban J connectivity index is 2.26. The molecule has 0 aliphatic carbocycles. The van der Waals surface area contributed by atoms with Crippen LogP contribution in [0.4, 0.5) is 15.8 Å². The first-order chi connectivity index (χ1) is 7.58. The Morgan fingerprint density at radius 2 is 2.31 bits per heavy atom. The Morgan fingerprint density at radius 3 is 2.81 bits per heavy atom. The minimum Gasteiger partial charge on any atom is -0.391 e. The molecule has 5 nitrogen and oxygen atoms in total. The minimum atomic E-state index is -0.633. The van der Waals surface area contributed by atoms with Crippen molar-refractivity contribution in [1.29, 1.82) is 0 Å². The summed E-state index contributed by atoms with van der Waals surface area (Å²) in [5.41, 5.74) is 0.0446. The van der Waals surface area contributed by atoms with Crippen LogP contribution in [-0.2, 0) is 0 Å².